The summed E-state index contributed by atoms with van der Waals surface area (Å²) in [6, 6.07) is 7.63. The number of rotatable bonds is 6. The first kappa shape index (κ1) is 25.0. The molecule has 1 aromatic carbocycles. The molecule has 0 saturated heterocycles. The van der Waals surface area contributed by atoms with Crippen molar-refractivity contribution in [1.82, 2.24) is 0 Å². The van der Waals surface area contributed by atoms with Crippen molar-refractivity contribution >= 4 is 29.5 Å². The minimum Gasteiger partial charge on any atom is -0.462 e. The topological polar surface area (TPSA) is 50.7 Å². The van der Waals surface area contributed by atoms with Gasteiger partial charge in [-0.2, -0.15) is 5.10 Å². The summed E-state index contributed by atoms with van der Waals surface area (Å²) in [6.07, 6.45) is 16.8. The number of carbonyl (C=O) groups is 1. The summed E-state index contributed by atoms with van der Waals surface area (Å²) in [7, 11) is 0. The number of anilines is 1. The lowest BCUT2D eigenvalue weighted by Gasteiger charge is -2.58. The molecular formula is C29H39ClN2O2. The van der Waals surface area contributed by atoms with Crippen molar-refractivity contribution in [2.45, 2.75) is 78.7 Å². The zero-order valence-electron chi connectivity index (χ0n) is 21.0. The molecule has 0 unspecified atom stereocenters. The number of allylic oxidation sites excluding steroid dienone is 3. The minimum absolute atomic E-state index is 0.0483. The third-order valence-electron chi connectivity index (χ3n) is 8.86. The summed E-state index contributed by atoms with van der Waals surface area (Å²) in [5.41, 5.74) is 6.02. The van der Waals surface area contributed by atoms with Gasteiger partial charge in [-0.1, -0.05) is 49.2 Å². The summed E-state index contributed by atoms with van der Waals surface area (Å²) in [4.78, 5) is 11.5. The van der Waals surface area contributed by atoms with Crippen LogP contribution < -0.4 is 5.43 Å². The number of carbonyl (C=O) groups excluding carboxylic acids is 1. The summed E-state index contributed by atoms with van der Waals surface area (Å²) in [5, 5.41) is 5.29. The van der Waals surface area contributed by atoms with Crippen LogP contribution >= 0.6 is 11.6 Å². The Labute approximate surface area is 209 Å². The molecule has 3 aliphatic rings. The largest absolute Gasteiger partial charge is 0.462 e. The Morgan fingerprint density at radius 2 is 2.00 bits per heavy atom. The van der Waals surface area contributed by atoms with Gasteiger partial charge < -0.3 is 4.74 Å². The average Bonchev–Trinajstić information content (AvgIpc) is 2.79. The quantitative estimate of drug-likeness (QED) is 0.195. The summed E-state index contributed by atoms with van der Waals surface area (Å²) in [6.45, 7) is 8.58. The molecule has 1 N–H and O–H groups in total. The maximum absolute atomic E-state index is 11.5. The molecule has 4 nitrogen and oxygen atoms in total. The van der Waals surface area contributed by atoms with Crippen LogP contribution in [0.3, 0.4) is 0 Å². The smallest absolute Gasteiger partial charge is 0.302 e. The number of halogens is 1. The van der Waals surface area contributed by atoms with Crippen molar-refractivity contribution in [3.05, 3.63) is 53.1 Å². The maximum atomic E-state index is 11.5. The van der Waals surface area contributed by atoms with Gasteiger partial charge in [-0.3, -0.25) is 10.2 Å². The van der Waals surface area contributed by atoms with E-state index in [1.165, 1.54) is 25.3 Å². The van der Waals surface area contributed by atoms with E-state index in [2.05, 4.69) is 55.7 Å². The van der Waals surface area contributed by atoms with Gasteiger partial charge >= 0.3 is 5.97 Å². The first-order valence-corrected chi connectivity index (χ1v) is 13.2. The second-order valence-corrected chi connectivity index (χ2v) is 11.4. The zero-order valence-corrected chi connectivity index (χ0v) is 21.8. The molecule has 0 radical (unpaired) electrons. The van der Waals surface area contributed by atoms with Crippen LogP contribution in [-0.2, 0) is 9.53 Å². The van der Waals surface area contributed by atoms with Gasteiger partial charge in [-0.05, 0) is 98.3 Å². The molecule has 0 heterocycles. The van der Waals surface area contributed by atoms with Crippen molar-refractivity contribution in [1.29, 1.82) is 0 Å². The summed E-state index contributed by atoms with van der Waals surface area (Å²) >= 11 is 5.99. The number of hydrogen-bond acceptors (Lipinski definition) is 4. The van der Waals surface area contributed by atoms with E-state index in [1.807, 2.05) is 24.3 Å². The summed E-state index contributed by atoms with van der Waals surface area (Å²) in [5.74, 6) is 1.69. The highest BCUT2D eigenvalue weighted by Gasteiger charge is 2.54. The van der Waals surface area contributed by atoms with Crippen molar-refractivity contribution < 1.29 is 9.53 Å². The third-order valence-corrected chi connectivity index (χ3v) is 9.12. The highest BCUT2D eigenvalue weighted by atomic mass is 35.5. The Balaban J connectivity index is 1.52. The first-order valence-electron chi connectivity index (χ1n) is 12.8. The molecule has 34 heavy (non-hydrogen) atoms. The van der Waals surface area contributed by atoms with Crippen LogP contribution in [0.5, 0.6) is 0 Å². The molecule has 3 aliphatic carbocycles. The van der Waals surface area contributed by atoms with E-state index >= 15 is 0 Å². The van der Waals surface area contributed by atoms with E-state index in [4.69, 9.17) is 16.3 Å². The van der Waals surface area contributed by atoms with E-state index in [0.717, 1.165) is 42.8 Å². The fourth-order valence-electron chi connectivity index (χ4n) is 7.15. The fourth-order valence-corrected chi connectivity index (χ4v) is 7.28. The van der Waals surface area contributed by atoms with Gasteiger partial charge in [0, 0.05) is 24.6 Å². The second-order valence-electron chi connectivity index (χ2n) is 10.9. The number of nitrogens with one attached hydrogen (secondary N) is 1. The number of benzene rings is 1. The predicted molar refractivity (Wildman–Crippen MR) is 141 cm³/mol. The number of hydrazone groups is 1. The Kier molecular flexibility index (Phi) is 7.57. The molecule has 0 aliphatic heterocycles. The van der Waals surface area contributed by atoms with E-state index in [1.54, 1.807) is 0 Å². The number of nitrogens with zero attached hydrogens (tertiary/aromatic N) is 1. The monoisotopic (exact) mass is 482 g/mol. The Morgan fingerprint density at radius 1 is 1.24 bits per heavy atom. The molecule has 0 amide bonds. The number of hydrogen-bond donors (Lipinski definition) is 1. The SMILES string of the molecule is C/C=C/[C@@]1(C)CC[C@H]2[C@@H](CC=C3C[C@@H](OC(C)=O)CC[C@@]32C)[C@@H]1C/C=N/Nc1ccc(Cl)cc1. The van der Waals surface area contributed by atoms with Crippen LogP contribution in [0, 0.1) is 28.6 Å². The van der Waals surface area contributed by atoms with Crippen LogP contribution in [0.2, 0.25) is 5.02 Å². The molecule has 2 fully saturated rings. The minimum atomic E-state index is -0.158. The van der Waals surface area contributed by atoms with E-state index in [-0.39, 0.29) is 22.9 Å². The van der Waals surface area contributed by atoms with Gasteiger partial charge in [0.1, 0.15) is 6.10 Å². The van der Waals surface area contributed by atoms with Crippen LogP contribution in [0.15, 0.2) is 53.2 Å². The van der Waals surface area contributed by atoms with Gasteiger partial charge in [-0.15, -0.1) is 0 Å². The Morgan fingerprint density at radius 3 is 2.71 bits per heavy atom. The number of esters is 1. The van der Waals surface area contributed by atoms with E-state index < -0.39 is 0 Å². The first-order chi connectivity index (χ1) is 16.2. The molecular weight excluding hydrogens is 444 g/mol. The lowest BCUT2D eigenvalue weighted by Crippen LogP contribution is -2.50. The standard InChI is InChI=1S/C29H39ClN2O2/c1-5-15-28(3)16-13-27-25(26(28)14-18-31-32-23-9-7-22(30)8-10-23)11-6-21-19-24(34-20(2)33)12-17-29(21,27)4/h5-10,15,18,24-27,32H,11-14,16-17,19H2,1-4H3/b15-5+,31-18+/t24-,25-,26-,27-,28-,29-/m0/s1. The lowest BCUT2D eigenvalue weighted by molar-refractivity contribution is -0.148. The van der Waals surface area contributed by atoms with Crippen LogP contribution in [-0.4, -0.2) is 18.3 Å². The molecule has 0 spiro atoms. The molecule has 6 atom stereocenters. The lowest BCUT2D eigenvalue weighted by atomic mass is 9.47. The number of fused-ring (bicyclic) bond motifs is 3. The summed E-state index contributed by atoms with van der Waals surface area (Å²) < 4.78 is 5.60. The van der Waals surface area contributed by atoms with Crippen LogP contribution in [0.4, 0.5) is 5.69 Å². The van der Waals surface area contributed by atoms with Crippen molar-refractivity contribution in [3.8, 4) is 0 Å². The second kappa shape index (κ2) is 10.3. The van der Waals surface area contributed by atoms with Gasteiger partial charge in [0.2, 0.25) is 0 Å². The zero-order chi connectivity index (χ0) is 24.3. The molecule has 1 aromatic rings. The highest BCUT2D eigenvalue weighted by Crippen LogP contribution is 2.62. The van der Waals surface area contributed by atoms with Gasteiger partial charge in [-0.25, -0.2) is 0 Å². The average molecular weight is 483 g/mol. The van der Waals surface area contributed by atoms with E-state index in [0.29, 0.717) is 17.8 Å². The van der Waals surface area contributed by atoms with Crippen molar-refractivity contribution in [2.24, 2.45) is 33.7 Å². The van der Waals surface area contributed by atoms with Crippen molar-refractivity contribution in [2.75, 3.05) is 5.43 Å². The Bertz CT molecular complexity index is 969. The van der Waals surface area contributed by atoms with E-state index in [9.17, 15) is 4.79 Å². The number of ether oxygens (including phenoxy) is 1. The molecule has 4 rings (SSSR count). The highest BCUT2D eigenvalue weighted by molar-refractivity contribution is 6.30. The molecule has 5 heteroatoms. The van der Waals surface area contributed by atoms with Gasteiger partial charge in [0.25, 0.3) is 0 Å². The van der Waals surface area contributed by atoms with Crippen molar-refractivity contribution in [3.63, 3.8) is 0 Å². The molecule has 0 aromatic heterocycles. The van der Waals surface area contributed by atoms with Crippen LogP contribution in [0.1, 0.15) is 72.6 Å². The Hall–Kier alpha value is -2.07. The molecule has 2 saturated carbocycles. The molecule has 0 bridgehead atoms. The van der Waals surface area contributed by atoms with Gasteiger partial charge in [0.15, 0.2) is 0 Å². The fraction of sp³-hybridized carbons (Fsp3) is 0.586. The predicted octanol–water partition coefficient (Wildman–Crippen LogP) is 7.80. The van der Waals surface area contributed by atoms with Crippen LogP contribution in [0.25, 0.3) is 0 Å². The van der Waals surface area contributed by atoms with Gasteiger partial charge in [0.05, 0.1) is 5.69 Å². The third kappa shape index (κ3) is 5.12. The maximum Gasteiger partial charge on any atom is 0.302 e. The molecule has 184 valence electrons. The normalized spacial score (nSPS) is 35.5.